The molecule has 0 aromatic heterocycles. The van der Waals surface area contributed by atoms with Gasteiger partial charge in [-0.05, 0) is 31.2 Å². The predicted octanol–water partition coefficient (Wildman–Crippen LogP) is 1.19. The molecule has 1 aromatic rings. The molecule has 0 aliphatic heterocycles. The van der Waals surface area contributed by atoms with Crippen molar-refractivity contribution in [2.24, 2.45) is 0 Å². The highest BCUT2D eigenvalue weighted by Gasteiger charge is 2.11. The highest BCUT2D eigenvalue weighted by atomic mass is 19.1. The normalized spacial score (nSPS) is 14.6. The van der Waals surface area contributed by atoms with Crippen LogP contribution in [0.25, 0.3) is 0 Å². The second kappa shape index (κ2) is 8.22. The molecule has 0 fully saturated rings. The average Bonchev–Trinajstić information content (AvgIpc) is 2.37. The van der Waals surface area contributed by atoms with Crippen LogP contribution in [0.2, 0.25) is 0 Å². The third-order valence-corrected chi connectivity index (χ3v) is 2.92. The fourth-order valence-electron chi connectivity index (χ4n) is 1.89. The lowest BCUT2D eigenvalue weighted by atomic mass is 10.1. The van der Waals surface area contributed by atoms with E-state index in [-0.39, 0.29) is 5.82 Å². The summed E-state index contributed by atoms with van der Waals surface area (Å²) in [7, 11) is 3.41. The Kier molecular flexibility index (Phi) is 6.94. The van der Waals surface area contributed by atoms with E-state index in [0.29, 0.717) is 31.7 Å². The maximum Gasteiger partial charge on any atom is 0.123 e. The summed E-state index contributed by atoms with van der Waals surface area (Å²) in [5.74, 6) is -0.309. The van der Waals surface area contributed by atoms with Crippen molar-refractivity contribution < 1.29 is 19.3 Å². The Bertz CT molecular complexity index is 358. The van der Waals surface area contributed by atoms with Crippen LogP contribution in [0.3, 0.4) is 0 Å². The molecule has 2 unspecified atom stereocenters. The standard InChI is InChI=1S/C14H22FNO3/c1-16(9-13(17)10-19-2)8-7-14(18)11-3-5-12(15)6-4-11/h3-6,13-14,17-18H,7-10H2,1-2H3. The molecule has 0 amide bonds. The Morgan fingerprint density at radius 2 is 1.89 bits per heavy atom. The monoisotopic (exact) mass is 271 g/mol. The maximum atomic E-state index is 12.8. The van der Waals surface area contributed by atoms with Crippen LogP contribution < -0.4 is 0 Å². The van der Waals surface area contributed by atoms with Gasteiger partial charge in [0.25, 0.3) is 0 Å². The molecule has 0 aliphatic carbocycles. The third-order valence-electron chi connectivity index (χ3n) is 2.92. The van der Waals surface area contributed by atoms with E-state index in [9.17, 15) is 14.6 Å². The Hall–Kier alpha value is -1.01. The lowest BCUT2D eigenvalue weighted by molar-refractivity contribution is 0.0398. The molecular weight excluding hydrogens is 249 g/mol. The van der Waals surface area contributed by atoms with Crippen LogP contribution in [0.5, 0.6) is 0 Å². The minimum absolute atomic E-state index is 0.296. The third kappa shape index (κ3) is 6.11. The zero-order valence-electron chi connectivity index (χ0n) is 11.4. The van der Waals surface area contributed by atoms with Crippen LogP contribution >= 0.6 is 0 Å². The number of ether oxygens (including phenoxy) is 1. The molecule has 0 aliphatic rings. The van der Waals surface area contributed by atoms with E-state index in [1.165, 1.54) is 12.1 Å². The van der Waals surface area contributed by atoms with Crippen molar-refractivity contribution in [2.45, 2.75) is 18.6 Å². The first-order valence-corrected chi connectivity index (χ1v) is 6.32. The number of nitrogens with zero attached hydrogens (tertiary/aromatic N) is 1. The lowest BCUT2D eigenvalue weighted by Gasteiger charge is -2.21. The zero-order valence-corrected chi connectivity index (χ0v) is 11.4. The number of methoxy groups -OCH3 is 1. The van der Waals surface area contributed by atoms with Gasteiger partial charge in [0.2, 0.25) is 0 Å². The van der Waals surface area contributed by atoms with E-state index in [1.54, 1.807) is 19.2 Å². The first-order chi connectivity index (χ1) is 9.02. The Labute approximate surface area is 113 Å². The van der Waals surface area contributed by atoms with Crippen molar-refractivity contribution in [3.63, 3.8) is 0 Å². The molecule has 1 rings (SSSR count). The van der Waals surface area contributed by atoms with Gasteiger partial charge in [-0.25, -0.2) is 4.39 Å². The summed E-state index contributed by atoms with van der Waals surface area (Å²) in [6.45, 7) is 1.42. The molecule has 0 saturated carbocycles. The van der Waals surface area contributed by atoms with Gasteiger partial charge in [-0.2, -0.15) is 0 Å². The van der Waals surface area contributed by atoms with Crippen molar-refractivity contribution in [1.82, 2.24) is 4.90 Å². The fraction of sp³-hybridized carbons (Fsp3) is 0.571. The number of halogens is 1. The zero-order chi connectivity index (χ0) is 14.3. The van der Waals surface area contributed by atoms with E-state index >= 15 is 0 Å². The van der Waals surface area contributed by atoms with Crippen molar-refractivity contribution in [1.29, 1.82) is 0 Å². The molecule has 4 nitrogen and oxygen atoms in total. The number of rotatable bonds is 8. The number of hydrogen-bond acceptors (Lipinski definition) is 4. The van der Waals surface area contributed by atoms with Gasteiger partial charge in [-0.1, -0.05) is 12.1 Å². The molecule has 19 heavy (non-hydrogen) atoms. The van der Waals surface area contributed by atoms with Crippen molar-refractivity contribution in [2.75, 3.05) is 33.9 Å². The van der Waals surface area contributed by atoms with Gasteiger partial charge < -0.3 is 19.8 Å². The Balaban J connectivity index is 2.33. The van der Waals surface area contributed by atoms with Gasteiger partial charge in [-0.3, -0.25) is 0 Å². The molecule has 0 spiro atoms. The Morgan fingerprint density at radius 1 is 1.26 bits per heavy atom. The van der Waals surface area contributed by atoms with Crippen molar-refractivity contribution in [3.8, 4) is 0 Å². The molecule has 0 radical (unpaired) electrons. The summed E-state index contributed by atoms with van der Waals surface area (Å²) < 4.78 is 17.6. The van der Waals surface area contributed by atoms with E-state index < -0.39 is 12.2 Å². The molecule has 2 atom stereocenters. The summed E-state index contributed by atoms with van der Waals surface area (Å²) in [5.41, 5.74) is 0.701. The van der Waals surface area contributed by atoms with E-state index in [1.807, 2.05) is 11.9 Å². The summed E-state index contributed by atoms with van der Waals surface area (Å²) >= 11 is 0. The van der Waals surface area contributed by atoms with Gasteiger partial charge in [0.1, 0.15) is 5.82 Å². The number of likely N-dealkylation sites (N-methyl/N-ethyl adjacent to an activating group) is 1. The quantitative estimate of drug-likeness (QED) is 0.745. The van der Waals surface area contributed by atoms with Gasteiger partial charge >= 0.3 is 0 Å². The number of aliphatic hydroxyl groups is 2. The Morgan fingerprint density at radius 3 is 2.47 bits per heavy atom. The van der Waals surface area contributed by atoms with Crippen LogP contribution in [0.15, 0.2) is 24.3 Å². The van der Waals surface area contributed by atoms with Gasteiger partial charge in [0.05, 0.1) is 18.8 Å². The summed E-state index contributed by atoms with van der Waals surface area (Å²) in [6, 6.07) is 5.84. The van der Waals surface area contributed by atoms with Gasteiger partial charge in [0, 0.05) is 20.2 Å². The molecular formula is C14H22FNO3. The number of benzene rings is 1. The van der Waals surface area contributed by atoms with Crippen LogP contribution in [0.4, 0.5) is 4.39 Å². The van der Waals surface area contributed by atoms with Gasteiger partial charge in [-0.15, -0.1) is 0 Å². The fourth-order valence-corrected chi connectivity index (χ4v) is 1.89. The predicted molar refractivity (Wildman–Crippen MR) is 71.4 cm³/mol. The van der Waals surface area contributed by atoms with Crippen molar-refractivity contribution in [3.05, 3.63) is 35.6 Å². The molecule has 5 heteroatoms. The van der Waals surface area contributed by atoms with Gasteiger partial charge in [0.15, 0.2) is 0 Å². The second-order valence-corrected chi connectivity index (χ2v) is 4.73. The number of hydrogen-bond donors (Lipinski definition) is 2. The number of aliphatic hydroxyl groups excluding tert-OH is 2. The summed E-state index contributed by atoms with van der Waals surface area (Å²) in [5, 5.41) is 19.5. The molecule has 0 bridgehead atoms. The minimum Gasteiger partial charge on any atom is -0.389 e. The van der Waals surface area contributed by atoms with Crippen LogP contribution in [-0.4, -0.2) is 55.1 Å². The molecule has 108 valence electrons. The van der Waals surface area contributed by atoms with Crippen molar-refractivity contribution >= 4 is 0 Å². The highest BCUT2D eigenvalue weighted by molar-refractivity contribution is 5.18. The maximum absolute atomic E-state index is 12.8. The van der Waals surface area contributed by atoms with Crippen LogP contribution in [-0.2, 0) is 4.74 Å². The average molecular weight is 271 g/mol. The van der Waals surface area contributed by atoms with Crippen LogP contribution in [0.1, 0.15) is 18.1 Å². The van der Waals surface area contributed by atoms with E-state index in [2.05, 4.69) is 0 Å². The lowest BCUT2D eigenvalue weighted by Crippen LogP contribution is -2.33. The largest absolute Gasteiger partial charge is 0.389 e. The topological polar surface area (TPSA) is 52.9 Å². The second-order valence-electron chi connectivity index (χ2n) is 4.73. The smallest absolute Gasteiger partial charge is 0.123 e. The molecule has 1 aromatic carbocycles. The van der Waals surface area contributed by atoms with E-state index in [0.717, 1.165) is 0 Å². The van der Waals surface area contributed by atoms with E-state index in [4.69, 9.17) is 4.74 Å². The molecule has 0 heterocycles. The van der Waals surface area contributed by atoms with Crippen LogP contribution in [0, 0.1) is 5.82 Å². The first-order valence-electron chi connectivity index (χ1n) is 6.32. The molecule has 2 N–H and O–H groups in total. The SMILES string of the molecule is COCC(O)CN(C)CCC(O)c1ccc(F)cc1. The highest BCUT2D eigenvalue weighted by Crippen LogP contribution is 2.17. The first kappa shape index (κ1) is 16.0. The summed E-state index contributed by atoms with van der Waals surface area (Å²) in [4.78, 5) is 1.93. The minimum atomic E-state index is -0.623. The summed E-state index contributed by atoms with van der Waals surface area (Å²) in [6.07, 6.45) is -0.623. The molecule has 0 saturated heterocycles.